The molecule has 168 valence electrons. The predicted octanol–water partition coefficient (Wildman–Crippen LogP) is 2.60. The van der Waals surface area contributed by atoms with Crippen molar-refractivity contribution >= 4 is 23.9 Å². The van der Waals surface area contributed by atoms with Gasteiger partial charge in [-0.05, 0) is 32.8 Å². The summed E-state index contributed by atoms with van der Waals surface area (Å²) in [5, 5.41) is 0. The van der Waals surface area contributed by atoms with Crippen LogP contribution in [0.2, 0.25) is 0 Å². The largest absolute Gasteiger partial charge is 0.469 e. The molecule has 9 nitrogen and oxygen atoms in total. The molecular formula is C22H28N2O7. The van der Waals surface area contributed by atoms with Gasteiger partial charge in [-0.2, -0.15) is 0 Å². The lowest BCUT2D eigenvalue weighted by Crippen LogP contribution is -2.52. The number of methoxy groups -OCH3 is 1. The number of ether oxygens (including phenoxy) is 3. The fourth-order valence-corrected chi connectivity index (χ4v) is 2.88. The van der Waals surface area contributed by atoms with E-state index in [1.54, 1.807) is 20.8 Å². The molecule has 1 aromatic carbocycles. The van der Waals surface area contributed by atoms with E-state index in [2.05, 4.69) is 4.74 Å². The van der Waals surface area contributed by atoms with Crippen LogP contribution in [0.4, 0.5) is 4.79 Å². The number of hydrogen-bond donors (Lipinski definition) is 0. The summed E-state index contributed by atoms with van der Waals surface area (Å²) in [7, 11) is 1.24. The van der Waals surface area contributed by atoms with Gasteiger partial charge in [-0.15, -0.1) is 0 Å². The lowest BCUT2D eigenvalue weighted by atomic mass is 10.1. The Morgan fingerprint density at radius 1 is 1.03 bits per heavy atom. The van der Waals surface area contributed by atoms with E-state index < -0.39 is 35.6 Å². The van der Waals surface area contributed by atoms with E-state index in [1.807, 2.05) is 30.3 Å². The Balaban J connectivity index is 2.12. The van der Waals surface area contributed by atoms with Crippen molar-refractivity contribution in [2.24, 2.45) is 0 Å². The molecule has 1 heterocycles. The average Bonchev–Trinajstić information content (AvgIpc) is 2.71. The summed E-state index contributed by atoms with van der Waals surface area (Å²) >= 11 is 0. The first-order chi connectivity index (χ1) is 14.6. The van der Waals surface area contributed by atoms with Crippen molar-refractivity contribution in [3.63, 3.8) is 0 Å². The normalized spacial score (nSPS) is 16.1. The molecule has 2 rings (SSSR count). The Morgan fingerprint density at radius 3 is 2.32 bits per heavy atom. The van der Waals surface area contributed by atoms with Gasteiger partial charge >= 0.3 is 18.0 Å². The molecule has 9 heteroatoms. The van der Waals surface area contributed by atoms with Crippen LogP contribution in [-0.2, 0) is 35.2 Å². The molecule has 0 saturated heterocycles. The van der Waals surface area contributed by atoms with Gasteiger partial charge in [-0.1, -0.05) is 30.3 Å². The molecule has 1 atom stereocenters. The first kappa shape index (κ1) is 23.9. The summed E-state index contributed by atoms with van der Waals surface area (Å²) in [6, 6.07) is 8.08. The first-order valence-corrected chi connectivity index (χ1v) is 9.87. The van der Waals surface area contributed by atoms with E-state index in [9.17, 15) is 19.2 Å². The van der Waals surface area contributed by atoms with E-state index in [1.165, 1.54) is 19.5 Å². The quantitative estimate of drug-likeness (QED) is 0.482. The number of carbonyl (C=O) groups is 4. The molecular weight excluding hydrogens is 404 g/mol. The van der Waals surface area contributed by atoms with Gasteiger partial charge in [0.05, 0.1) is 7.11 Å². The van der Waals surface area contributed by atoms with E-state index in [4.69, 9.17) is 9.47 Å². The lowest BCUT2D eigenvalue weighted by Gasteiger charge is -2.35. The van der Waals surface area contributed by atoms with Gasteiger partial charge in [0.1, 0.15) is 24.8 Å². The number of carbonyl (C=O) groups excluding carboxylic acids is 4. The third-order valence-electron chi connectivity index (χ3n) is 4.30. The van der Waals surface area contributed by atoms with E-state index in [0.717, 1.165) is 15.4 Å². The molecule has 0 radical (unpaired) electrons. The number of nitrogens with zero attached hydrogens (tertiary/aromatic N) is 2. The van der Waals surface area contributed by atoms with Gasteiger partial charge in [0.25, 0.3) is 0 Å². The Hall–Kier alpha value is -3.36. The zero-order valence-corrected chi connectivity index (χ0v) is 18.2. The molecule has 1 aliphatic rings. The highest BCUT2D eigenvalue weighted by molar-refractivity contribution is 5.91. The SMILES string of the molecule is COC(=O)CCC1C(=O)N(CC(=O)OC(C)(C)C)C=CN1C(=O)OCc1ccccc1. The third kappa shape index (κ3) is 7.44. The van der Waals surface area contributed by atoms with Crippen molar-refractivity contribution in [1.29, 1.82) is 0 Å². The smallest absolute Gasteiger partial charge is 0.414 e. The molecule has 0 fully saturated rings. The second-order valence-electron chi connectivity index (χ2n) is 7.93. The van der Waals surface area contributed by atoms with Gasteiger partial charge < -0.3 is 19.1 Å². The summed E-state index contributed by atoms with van der Waals surface area (Å²) in [6.45, 7) is 4.89. The van der Waals surface area contributed by atoms with Gasteiger partial charge in [-0.3, -0.25) is 19.3 Å². The highest BCUT2D eigenvalue weighted by Crippen LogP contribution is 2.20. The van der Waals surface area contributed by atoms with Crippen LogP contribution in [0.1, 0.15) is 39.2 Å². The van der Waals surface area contributed by atoms with Crippen molar-refractivity contribution < 1.29 is 33.4 Å². The molecule has 0 saturated carbocycles. The maximum atomic E-state index is 13.0. The second kappa shape index (κ2) is 10.6. The summed E-state index contributed by atoms with van der Waals surface area (Å²) < 4.78 is 15.2. The minimum absolute atomic E-state index is 0.0150. The second-order valence-corrected chi connectivity index (χ2v) is 7.93. The first-order valence-electron chi connectivity index (χ1n) is 9.87. The van der Waals surface area contributed by atoms with Crippen LogP contribution in [-0.4, -0.2) is 59.0 Å². The zero-order valence-electron chi connectivity index (χ0n) is 18.2. The fourth-order valence-electron chi connectivity index (χ4n) is 2.88. The van der Waals surface area contributed by atoms with Gasteiger partial charge in [0, 0.05) is 18.8 Å². The van der Waals surface area contributed by atoms with Crippen LogP contribution in [0.25, 0.3) is 0 Å². The molecule has 1 aromatic rings. The summed E-state index contributed by atoms with van der Waals surface area (Å²) in [5.74, 6) is -1.62. The standard InChI is InChI=1S/C22H28N2O7/c1-22(2,3)31-19(26)14-23-12-13-24(17(20(23)27)10-11-18(25)29-4)21(28)30-15-16-8-6-5-7-9-16/h5-9,12-13,17H,10-11,14-15H2,1-4H3. The van der Waals surface area contributed by atoms with Crippen molar-refractivity contribution in [3.05, 3.63) is 48.3 Å². The van der Waals surface area contributed by atoms with Crippen LogP contribution in [0.5, 0.6) is 0 Å². The monoisotopic (exact) mass is 432 g/mol. The Bertz CT molecular complexity index is 830. The topological polar surface area (TPSA) is 102 Å². The van der Waals surface area contributed by atoms with Crippen molar-refractivity contribution in [2.75, 3.05) is 13.7 Å². The van der Waals surface area contributed by atoms with E-state index >= 15 is 0 Å². The third-order valence-corrected chi connectivity index (χ3v) is 4.30. The molecule has 0 bridgehead atoms. The van der Waals surface area contributed by atoms with Gasteiger partial charge in [-0.25, -0.2) is 4.79 Å². The number of amides is 2. The average molecular weight is 432 g/mol. The zero-order chi connectivity index (χ0) is 23.0. The maximum absolute atomic E-state index is 13.0. The summed E-state index contributed by atoms with van der Waals surface area (Å²) in [5.41, 5.74) is 0.0952. The highest BCUT2D eigenvalue weighted by Gasteiger charge is 2.37. The minimum Gasteiger partial charge on any atom is -0.469 e. The summed E-state index contributed by atoms with van der Waals surface area (Å²) in [4.78, 5) is 51.6. The highest BCUT2D eigenvalue weighted by atomic mass is 16.6. The maximum Gasteiger partial charge on any atom is 0.414 e. The van der Waals surface area contributed by atoms with E-state index in [0.29, 0.717) is 0 Å². The lowest BCUT2D eigenvalue weighted by molar-refractivity contribution is -0.158. The van der Waals surface area contributed by atoms with Crippen LogP contribution >= 0.6 is 0 Å². The molecule has 0 aromatic heterocycles. The molecule has 1 unspecified atom stereocenters. The molecule has 2 amide bonds. The minimum atomic E-state index is -1.02. The number of benzene rings is 1. The van der Waals surface area contributed by atoms with Gasteiger partial charge in [0.15, 0.2) is 0 Å². The Morgan fingerprint density at radius 2 is 1.71 bits per heavy atom. The molecule has 1 aliphatic heterocycles. The van der Waals surface area contributed by atoms with Crippen LogP contribution in [0.3, 0.4) is 0 Å². The van der Waals surface area contributed by atoms with E-state index in [-0.39, 0.29) is 26.0 Å². The van der Waals surface area contributed by atoms with Crippen molar-refractivity contribution in [1.82, 2.24) is 9.80 Å². The number of rotatable bonds is 7. The van der Waals surface area contributed by atoms with Crippen molar-refractivity contribution in [3.8, 4) is 0 Å². The molecule has 0 aliphatic carbocycles. The summed E-state index contributed by atoms with van der Waals surface area (Å²) in [6.07, 6.45) is 1.89. The van der Waals surface area contributed by atoms with Crippen LogP contribution in [0.15, 0.2) is 42.7 Å². The fraction of sp³-hybridized carbons (Fsp3) is 0.455. The Kier molecular flexibility index (Phi) is 8.18. The van der Waals surface area contributed by atoms with Crippen molar-refractivity contribution in [2.45, 2.75) is 51.9 Å². The van der Waals surface area contributed by atoms with Crippen LogP contribution < -0.4 is 0 Å². The number of esters is 2. The molecule has 31 heavy (non-hydrogen) atoms. The van der Waals surface area contributed by atoms with Crippen LogP contribution in [0, 0.1) is 0 Å². The number of hydrogen-bond acceptors (Lipinski definition) is 7. The molecule has 0 N–H and O–H groups in total. The molecule has 0 spiro atoms. The van der Waals surface area contributed by atoms with Gasteiger partial charge in [0.2, 0.25) is 5.91 Å². The Labute approximate surface area is 181 Å². The predicted molar refractivity (Wildman–Crippen MR) is 110 cm³/mol.